The molecule has 0 aromatic carbocycles. The van der Waals surface area contributed by atoms with Gasteiger partial charge in [-0.1, -0.05) is 32.3 Å². The molecule has 1 aromatic rings. The molecule has 0 radical (unpaired) electrons. The normalized spacial score (nSPS) is 18.0. The second-order valence-corrected chi connectivity index (χ2v) is 6.52. The number of aromatic nitrogens is 1. The third-order valence-corrected chi connectivity index (χ3v) is 4.56. The van der Waals surface area contributed by atoms with Gasteiger partial charge in [0.1, 0.15) is 0 Å². The van der Waals surface area contributed by atoms with Crippen molar-refractivity contribution in [3.63, 3.8) is 0 Å². The van der Waals surface area contributed by atoms with E-state index in [0.717, 1.165) is 25.6 Å². The number of nitrogens with one attached hydrogen (secondary N) is 1. The van der Waals surface area contributed by atoms with E-state index in [2.05, 4.69) is 35.2 Å². The first-order valence-electron chi connectivity index (χ1n) is 8.60. The summed E-state index contributed by atoms with van der Waals surface area (Å²) in [5.74, 6) is 0.863. The van der Waals surface area contributed by atoms with E-state index < -0.39 is 0 Å². The number of hydrogen-bond donors (Lipinski definition) is 1. The molecule has 1 N–H and O–H groups in total. The summed E-state index contributed by atoms with van der Waals surface area (Å²) in [6.45, 7) is 5.52. The standard InChI is InChI=1S/C18H31N3/c1-3-11-20-18(17-9-5-4-6-10-17)15-21(2)14-16-8-7-12-19-13-16/h7-8,12-13,17-18,20H,3-6,9-11,14-15H2,1-2H3. The lowest BCUT2D eigenvalue weighted by molar-refractivity contribution is 0.201. The molecule has 1 aliphatic carbocycles. The lowest BCUT2D eigenvalue weighted by atomic mass is 9.83. The highest BCUT2D eigenvalue weighted by Crippen LogP contribution is 2.27. The highest BCUT2D eigenvalue weighted by Gasteiger charge is 2.24. The summed E-state index contributed by atoms with van der Waals surface area (Å²) in [4.78, 5) is 6.66. The van der Waals surface area contributed by atoms with Crippen LogP contribution in [0.25, 0.3) is 0 Å². The Morgan fingerprint density at radius 1 is 1.33 bits per heavy atom. The molecule has 1 heterocycles. The predicted molar refractivity (Wildman–Crippen MR) is 89.2 cm³/mol. The Bertz CT molecular complexity index is 373. The fraction of sp³-hybridized carbons (Fsp3) is 0.722. The summed E-state index contributed by atoms with van der Waals surface area (Å²) < 4.78 is 0. The summed E-state index contributed by atoms with van der Waals surface area (Å²) in [6, 6.07) is 4.84. The van der Waals surface area contributed by atoms with Crippen molar-refractivity contribution in [2.24, 2.45) is 5.92 Å². The largest absolute Gasteiger partial charge is 0.312 e. The van der Waals surface area contributed by atoms with Gasteiger partial charge in [0.25, 0.3) is 0 Å². The molecule has 1 aliphatic rings. The van der Waals surface area contributed by atoms with Crippen molar-refractivity contribution in [2.75, 3.05) is 20.1 Å². The van der Waals surface area contributed by atoms with Crippen LogP contribution in [0.2, 0.25) is 0 Å². The first-order chi connectivity index (χ1) is 10.3. The molecule has 118 valence electrons. The molecule has 1 saturated carbocycles. The first-order valence-corrected chi connectivity index (χ1v) is 8.60. The maximum Gasteiger partial charge on any atom is 0.0312 e. The van der Waals surface area contributed by atoms with E-state index in [1.54, 1.807) is 0 Å². The maximum absolute atomic E-state index is 4.21. The van der Waals surface area contributed by atoms with Gasteiger partial charge in [-0.3, -0.25) is 4.98 Å². The molecule has 1 aromatic heterocycles. The Hall–Kier alpha value is -0.930. The van der Waals surface area contributed by atoms with Crippen LogP contribution in [0.3, 0.4) is 0 Å². The Labute approximate surface area is 130 Å². The summed E-state index contributed by atoms with van der Waals surface area (Å²) in [6.07, 6.45) is 12.1. The van der Waals surface area contributed by atoms with E-state index in [1.807, 2.05) is 18.5 Å². The van der Waals surface area contributed by atoms with Crippen LogP contribution in [0.4, 0.5) is 0 Å². The number of hydrogen-bond acceptors (Lipinski definition) is 3. The summed E-state index contributed by atoms with van der Waals surface area (Å²) in [5.41, 5.74) is 1.30. The Kier molecular flexibility index (Phi) is 7.17. The van der Waals surface area contributed by atoms with Crippen LogP contribution in [-0.2, 0) is 6.54 Å². The predicted octanol–water partition coefficient (Wildman–Crippen LogP) is 3.46. The molecule has 1 atom stereocenters. The maximum atomic E-state index is 4.21. The van der Waals surface area contributed by atoms with E-state index >= 15 is 0 Å². The van der Waals surface area contributed by atoms with Crippen LogP contribution in [-0.4, -0.2) is 36.1 Å². The molecule has 0 spiro atoms. The van der Waals surface area contributed by atoms with Crippen LogP contribution in [0.1, 0.15) is 51.0 Å². The number of nitrogens with zero attached hydrogens (tertiary/aromatic N) is 2. The smallest absolute Gasteiger partial charge is 0.0312 e. The molecule has 0 amide bonds. The summed E-state index contributed by atoms with van der Waals surface area (Å²) in [5, 5.41) is 3.80. The van der Waals surface area contributed by atoms with Crippen molar-refractivity contribution < 1.29 is 0 Å². The minimum absolute atomic E-state index is 0.645. The number of likely N-dealkylation sites (N-methyl/N-ethyl adjacent to an activating group) is 1. The lowest BCUT2D eigenvalue weighted by Gasteiger charge is -2.34. The highest BCUT2D eigenvalue weighted by atomic mass is 15.1. The second kappa shape index (κ2) is 9.16. The number of rotatable bonds is 8. The quantitative estimate of drug-likeness (QED) is 0.794. The van der Waals surface area contributed by atoms with Gasteiger partial charge < -0.3 is 10.2 Å². The van der Waals surface area contributed by atoms with E-state index in [4.69, 9.17) is 0 Å². The van der Waals surface area contributed by atoms with E-state index in [-0.39, 0.29) is 0 Å². The van der Waals surface area contributed by atoms with Gasteiger partial charge in [-0.2, -0.15) is 0 Å². The molecule has 2 rings (SSSR count). The van der Waals surface area contributed by atoms with Crippen molar-refractivity contribution in [1.82, 2.24) is 15.2 Å². The van der Waals surface area contributed by atoms with Crippen LogP contribution < -0.4 is 5.32 Å². The Morgan fingerprint density at radius 2 is 2.14 bits per heavy atom. The van der Waals surface area contributed by atoms with Crippen molar-refractivity contribution in [3.05, 3.63) is 30.1 Å². The minimum Gasteiger partial charge on any atom is -0.312 e. The van der Waals surface area contributed by atoms with Gasteiger partial charge in [-0.15, -0.1) is 0 Å². The van der Waals surface area contributed by atoms with Crippen LogP contribution >= 0.6 is 0 Å². The van der Waals surface area contributed by atoms with Gasteiger partial charge in [0.05, 0.1) is 0 Å². The average molecular weight is 289 g/mol. The minimum atomic E-state index is 0.645. The lowest BCUT2D eigenvalue weighted by Crippen LogP contribution is -2.45. The third kappa shape index (κ3) is 5.76. The third-order valence-electron chi connectivity index (χ3n) is 4.56. The molecule has 0 saturated heterocycles. The van der Waals surface area contributed by atoms with Gasteiger partial charge in [0, 0.05) is 31.5 Å². The molecular weight excluding hydrogens is 258 g/mol. The Morgan fingerprint density at radius 3 is 2.81 bits per heavy atom. The van der Waals surface area contributed by atoms with E-state index in [1.165, 1.54) is 44.1 Å². The monoisotopic (exact) mass is 289 g/mol. The molecule has 21 heavy (non-hydrogen) atoms. The van der Waals surface area contributed by atoms with Crippen molar-refractivity contribution >= 4 is 0 Å². The molecule has 0 aliphatic heterocycles. The van der Waals surface area contributed by atoms with Gasteiger partial charge in [0.15, 0.2) is 0 Å². The zero-order chi connectivity index (χ0) is 14.9. The molecule has 0 bridgehead atoms. The zero-order valence-electron chi connectivity index (χ0n) is 13.7. The topological polar surface area (TPSA) is 28.2 Å². The molecule has 1 fully saturated rings. The SMILES string of the molecule is CCCNC(CN(C)Cc1cccnc1)C1CCCCC1. The summed E-state index contributed by atoms with van der Waals surface area (Å²) in [7, 11) is 2.23. The van der Waals surface area contributed by atoms with E-state index in [9.17, 15) is 0 Å². The first kappa shape index (κ1) is 16.4. The van der Waals surface area contributed by atoms with Gasteiger partial charge in [0.2, 0.25) is 0 Å². The molecule has 1 unspecified atom stereocenters. The van der Waals surface area contributed by atoms with Crippen molar-refractivity contribution in [3.8, 4) is 0 Å². The molecule has 3 heteroatoms. The average Bonchev–Trinajstić information content (AvgIpc) is 2.53. The Balaban J connectivity index is 1.87. The second-order valence-electron chi connectivity index (χ2n) is 6.52. The zero-order valence-corrected chi connectivity index (χ0v) is 13.7. The van der Waals surface area contributed by atoms with E-state index in [0.29, 0.717) is 6.04 Å². The van der Waals surface area contributed by atoms with Gasteiger partial charge >= 0.3 is 0 Å². The van der Waals surface area contributed by atoms with Crippen LogP contribution in [0, 0.1) is 5.92 Å². The van der Waals surface area contributed by atoms with Gasteiger partial charge in [-0.25, -0.2) is 0 Å². The van der Waals surface area contributed by atoms with Crippen LogP contribution in [0.15, 0.2) is 24.5 Å². The fourth-order valence-corrected chi connectivity index (χ4v) is 3.45. The molecule has 3 nitrogen and oxygen atoms in total. The van der Waals surface area contributed by atoms with Gasteiger partial charge in [-0.05, 0) is 50.4 Å². The van der Waals surface area contributed by atoms with Crippen molar-refractivity contribution in [2.45, 2.75) is 58.0 Å². The highest BCUT2D eigenvalue weighted by molar-refractivity contribution is 5.08. The van der Waals surface area contributed by atoms with Crippen molar-refractivity contribution in [1.29, 1.82) is 0 Å². The molecular formula is C18H31N3. The fourth-order valence-electron chi connectivity index (χ4n) is 3.45. The van der Waals surface area contributed by atoms with Crippen LogP contribution in [0.5, 0.6) is 0 Å². The number of pyridine rings is 1. The summed E-state index contributed by atoms with van der Waals surface area (Å²) >= 11 is 0.